The second-order valence-electron chi connectivity index (χ2n) is 5.12. The summed E-state index contributed by atoms with van der Waals surface area (Å²) in [5.74, 6) is 0.314. The fourth-order valence-corrected chi connectivity index (χ4v) is 2.04. The van der Waals surface area contributed by atoms with Gasteiger partial charge >= 0.3 is 12.4 Å². The van der Waals surface area contributed by atoms with E-state index in [1.165, 1.54) is 0 Å². The Bertz CT molecular complexity index is 460. The summed E-state index contributed by atoms with van der Waals surface area (Å²) in [6.45, 7) is 0. The van der Waals surface area contributed by atoms with Gasteiger partial charge in [-0.05, 0) is 36.1 Å². The lowest BCUT2D eigenvalue weighted by Crippen LogP contribution is -2.16. The number of hydrogen-bond acceptors (Lipinski definition) is 1. The minimum Gasteiger partial charge on any atom is -0.324 e. The minimum absolute atomic E-state index is 0. The third-order valence-electron chi connectivity index (χ3n) is 3.32. The van der Waals surface area contributed by atoms with Crippen LogP contribution in [0.2, 0.25) is 0 Å². The Morgan fingerprint density at radius 3 is 1.71 bits per heavy atom. The van der Waals surface area contributed by atoms with Gasteiger partial charge in [0.2, 0.25) is 0 Å². The van der Waals surface area contributed by atoms with Gasteiger partial charge in [0.15, 0.2) is 0 Å². The standard InChI is InChI=1S/C13H13F6N.ClH/c14-12(15,16)9-4-8(11(20)3-7-1-2-7)5-10(6-9)13(17,18)19;/h4-7,11H,1-3,20H2;1H/t11-;/m0./s1. The van der Waals surface area contributed by atoms with Crippen molar-refractivity contribution >= 4 is 12.4 Å². The van der Waals surface area contributed by atoms with Crippen molar-refractivity contribution in [3.8, 4) is 0 Å². The third kappa shape index (κ3) is 4.78. The maximum Gasteiger partial charge on any atom is 0.416 e. The van der Waals surface area contributed by atoms with E-state index in [0.717, 1.165) is 12.8 Å². The van der Waals surface area contributed by atoms with Gasteiger partial charge in [0.05, 0.1) is 11.1 Å². The molecule has 21 heavy (non-hydrogen) atoms. The van der Waals surface area contributed by atoms with Gasteiger partial charge in [0.25, 0.3) is 0 Å². The molecule has 0 bridgehead atoms. The van der Waals surface area contributed by atoms with Crippen LogP contribution in [-0.4, -0.2) is 0 Å². The summed E-state index contributed by atoms with van der Waals surface area (Å²) in [7, 11) is 0. The molecule has 1 aliphatic carbocycles. The molecule has 120 valence electrons. The van der Waals surface area contributed by atoms with Crippen LogP contribution < -0.4 is 5.73 Å². The van der Waals surface area contributed by atoms with Crippen LogP contribution in [0.5, 0.6) is 0 Å². The predicted molar refractivity (Wildman–Crippen MR) is 68.0 cm³/mol. The topological polar surface area (TPSA) is 26.0 Å². The van der Waals surface area contributed by atoms with Crippen molar-refractivity contribution in [3.05, 3.63) is 34.9 Å². The number of nitrogens with two attached hydrogens (primary N) is 1. The third-order valence-corrected chi connectivity index (χ3v) is 3.32. The van der Waals surface area contributed by atoms with Crippen molar-refractivity contribution in [2.45, 2.75) is 37.7 Å². The SMILES string of the molecule is Cl.N[C@@H](CC1CC1)c1cc(C(F)(F)F)cc(C(F)(F)F)c1. The first kappa shape index (κ1) is 18.1. The van der Waals surface area contributed by atoms with E-state index < -0.39 is 29.5 Å². The summed E-state index contributed by atoms with van der Waals surface area (Å²) in [5.41, 5.74) is 2.99. The molecule has 1 atom stereocenters. The number of hydrogen-bond donors (Lipinski definition) is 1. The highest BCUT2D eigenvalue weighted by Crippen LogP contribution is 2.40. The van der Waals surface area contributed by atoms with Crippen molar-refractivity contribution in [1.29, 1.82) is 0 Å². The summed E-state index contributed by atoms with van der Waals surface area (Å²) < 4.78 is 76.0. The number of rotatable bonds is 3. The molecule has 1 aliphatic rings. The zero-order valence-electron chi connectivity index (χ0n) is 10.8. The van der Waals surface area contributed by atoms with Gasteiger partial charge in [0.1, 0.15) is 0 Å². The summed E-state index contributed by atoms with van der Waals surface area (Å²) in [5, 5.41) is 0. The smallest absolute Gasteiger partial charge is 0.324 e. The lowest BCUT2D eigenvalue weighted by Gasteiger charge is -2.17. The Hall–Kier alpha value is -0.950. The number of benzene rings is 1. The first-order valence-corrected chi connectivity index (χ1v) is 6.12. The molecule has 8 heteroatoms. The zero-order chi connectivity index (χ0) is 15.1. The highest BCUT2D eigenvalue weighted by atomic mass is 35.5. The van der Waals surface area contributed by atoms with Gasteiger partial charge < -0.3 is 5.73 Å². The van der Waals surface area contributed by atoms with E-state index in [2.05, 4.69) is 0 Å². The molecule has 0 unspecified atom stereocenters. The lowest BCUT2D eigenvalue weighted by molar-refractivity contribution is -0.143. The van der Waals surface area contributed by atoms with E-state index in [-0.39, 0.29) is 24.0 Å². The number of halogens is 7. The summed E-state index contributed by atoms with van der Waals surface area (Å²) >= 11 is 0. The molecule has 0 aromatic heterocycles. The Balaban J connectivity index is 0.00000220. The maximum absolute atomic E-state index is 12.7. The van der Waals surface area contributed by atoms with Crippen molar-refractivity contribution in [3.63, 3.8) is 0 Å². The molecular weight excluding hydrogens is 320 g/mol. The van der Waals surface area contributed by atoms with Gasteiger partial charge in [-0.15, -0.1) is 12.4 Å². The fraction of sp³-hybridized carbons (Fsp3) is 0.538. The van der Waals surface area contributed by atoms with E-state index in [1.54, 1.807) is 0 Å². The van der Waals surface area contributed by atoms with Crippen molar-refractivity contribution < 1.29 is 26.3 Å². The molecular formula is C13H14ClF6N. The first-order valence-electron chi connectivity index (χ1n) is 6.12. The van der Waals surface area contributed by atoms with Gasteiger partial charge in [-0.3, -0.25) is 0 Å². The van der Waals surface area contributed by atoms with Crippen LogP contribution in [0.3, 0.4) is 0 Å². The molecule has 0 spiro atoms. The monoisotopic (exact) mass is 333 g/mol. The lowest BCUT2D eigenvalue weighted by atomic mass is 9.97. The number of alkyl halides is 6. The van der Waals surface area contributed by atoms with Gasteiger partial charge in [-0.1, -0.05) is 12.8 Å². The average Bonchev–Trinajstić information content (AvgIpc) is 3.10. The largest absolute Gasteiger partial charge is 0.416 e. The van der Waals surface area contributed by atoms with Crippen LogP contribution in [0.25, 0.3) is 0 Å². The Labute approximate surface area is 123 Å². The van der Waals surface area contributed by atoms with Gasteiger partial charge in [-0.2, -0.15) is 26.3 Å². The van der Waals surface area contributed by atoms with E-state index in [9.17, 15) is 26.3 Å². The maximum atomic E-state index is 12.7. The minimum atomic E-state index is -4.82. The Kier molecular flexibility index (Phi) is 5.21. The molecule has 2 rings (SSSR count). The molecule has 1 nitrogen and oxygen atoms in total. The van der Waals surface area contributed by atoms with E-state index >= 15 is 0 Å². The van der Waals surface area contributed by atoms with Gasteiger partial charge in [0, 0.05) is 6.04 Å². The molecule has 0 amide bonds. The Morgan fingerprint density at radius 2 is 1.38 bits per heavy atom. The summed E-state index contributed by atoms with van der Waals surface area (Å²) in [6.07, 6.45) is -7.37. The van der Waals surface area contributed by atoms with Crippen molar-refractivity contribution in [2.75, 3.05) is 0 Å². The molecule has 0 heterocycles. The molecule has 0 saturated heterocycles. The molecule has 1 aromatic carbocycles. The van der Waals surface area contributed by atoms with E-state index in [4.69, 9.17) is 5.73 Å². The van der Waals surface area contributed by atoms with E-state index in [0.29, 0.717) is 24.5 Å². The van der Waals surface area contributed by atoms with Crippen LogP contribution in [0.1, 0.15) is 42.0 Å². The first-order chi connectivity index (χ1) is 9.07. The predicted octanol–water partition coefficient (Wildman–Crippen LogP) is 4.95. The van der Waals surface area contributed by atoms with Crippen LogP contribution >= 0.6 is 12.4 Å². The highest BCUT2D eigenvalue weighted by molar-refractivity contribution is 5.85. The summed E-state index contributed by atoms with van der Waals surface area (Å²) in [6, 6.07) is 0.740. The molecule has 1 aromatic rings. The van der Waals surface area contributed by atoms with Crippen LogP contribution in [0, 0.1) is 5.92 Å². The second-order valence-corrected chi connectivity index (χ2v) is 5.12. The Morgan fingerprint density at radius 1 is 0.952 bits per heavy atom. The fourth-order valence-electron chi connectivity index (χ4n) is 2.04. The molecule has 1 saturated carbocycles. The van der Waals surface area contributed by atoms with Crippen LogP contribution in [-0.2, 0) is 12.4 Å². The summed E-state index contributed by atoms with van der Waals surface area (Å²) in [4.78, 5) is 0. The molecule has 1 fully saturated rings. The normalized spacial score (nSPS) is 17.3. The van der Waals surface area contributed by atoms with Crippen LogP contribution in [0.4, 0.5) is 26.3 Å². The highest BCUT2D eigenvalue weighted by Gasteiger charge is 2.37. The van der Waals surface area contributed by atoms with Gasteiger partial charge in [-0.25, -0.2) is 0 Å². The van der Waals surface area contributed by atoms with Crippen molar-refractivity contribution in [2.24, 2.45) is 11.7 Å². The second kappa shape index (κ2) is 6.04. The molecule has 2 N–H and O–H groups in total. The molecule has 0 radical (unpaired) electrons. The zero-order valence-corrected chi connectivity index (χ0v) is 11.6. The van der Waals surface area contributed by atoms with Crippen LogP contribution in [0.15, 0.2) is 18.2 Å². The van der Waals surface area contributed by atoms with E-state index in [1.807, 2.05) is 0 Å². The average molecular weight is 334 g/mol. The quantitative estimate of drug-likeness (QED) is 0.778. The van der Waals surface area contributed by atoms with Crippen molar-refractivity contribution in [1.82, 2.24) is 0 Å². The molecule has 0 aliphatic heterocycles.